The van der Waals surface area contributed by atoms with E-state index in [0.29, 0.717) is 0 Å². The van der Waals surface area contributed by atoms with E-state index in [-0.39, 0.29) is 28.0 Å². The molecular formula is C21H18O11. The molecule has 0 radical (unpaired) electrons. The molecular weight excluding hydrogens is 428 g/mol. The monoisotopic (exact) mass is 446 g/mol. The number of carbonyl (C=O) groups is 3. The van der Waals surface area contributed by atoms with Gasteiger partial charge in [0.05, 0.1) is 23.3 Å². The zero-order valence-electron chi connectivity index (χ0n) is 16.2. The molecule has 1 aliphatic carbocycles. The minimum Gasteiger partial charge on any atom is -0.507 e. The number of hydrogen-bond acceptors (Lipinski definition) is 10. The lowest BCUT2D eigenvalue weighted by Gasteiger charge is -2.39. The van der Waals surface area contributed by atoms with Crippen LogP contribution in [0.1, 0.15) is 42.2 Å². The van der Waals surface area contributed by atoms with Gasteiger partial charge in [0.1, 0.15) is 35.9 Å². The normalized spacial score (nSPS) is 26.9. The number of phenolic OH excluding ortho intramolecular Hbond substituents is 1. The van der Waals surface area contributed by atoms with Gasteiger partial charge in [-0.1, -0.05) is 12.1 Å². The Balaban J connectivity index is 1.76. The van der Waals surface area contributed by atoms with Gasteiger partial charge in [-0.25, -0.2) is 4.79 Å². The Kier molecular flexibility index (Phi) is 5.44. The van der Waals surface area contributed by atoms with Gasteiger partial charge in [0.25, 0.3) is 0 Å². The van der Waals surface area contributed by atoms with Crippen molar-refractivity contribution < 1.29 is 54.5 Å². The summed E-state index contributed by atoms with van der Waals surface area (Å²) in [6, 6.07) is 5.81. The van der Waals surface area contributed by atoms with E-state index >= 15 is 0 Å². The number of hydrogen-bond donors (Lipinski definition) is 6. The van der Waals surface area contributed by atoms with Crippen molar-refractivity contribution in [3.63, 3.8) is 0 Å². The minimum absolute atomic E-state index is 0.133. The number of rotatable bonds is 4. The lowest BCUT2D eigenvalue weighted by molar-refractivity contribution is -0.277. The van der Waals surface area contributed by atoms with Crippen LogP contribution in [0.5, 0.6) is 11.5 Å². The molecule has 2 aromatic carbocycles. The predicted octanol–water partition coefficient (Wildman–Crippen LogP) is -0.956. The fourth-order valence-corrected chi connectivity index (χ4v) is 3.78. The van der Waals surface area contributed by atoms with Crippen LogP contribution in [0.15, 0.2) is 30.3 Å². The highest BCUT2D eigenvalue weighted by Crippen LogP contribution is 2.38. The number of aromatic hydroxyl groups is 1. The molecule has 4 rings (SSSR count). The second-order valence-electron chi connectivity index (χ2n) is 7.38. The average molecular weight is 446 g/mol. The second kappa shape index (κ2) is 7.97. The summed E-state index contributed by atoms with van der Waals surface area (Å²) in [7, 11) is 0. The number of carboxylic acids is 1. The van der Waals surface area contributed by atoms with Crippen LogP contribution in [0.2, 0.25) is 0 Å². The van der Waals surface area contributed by atoms with Gasteiger partial charge in [-0.15, -0.1) is 0 Å². The Morgan fingerprint density at radius 2 is 1.69 bits per heavy atom. The second-order valence-corrected chi connectivity index (χ2v) is 7.38. The molecule has 1 heterocycles. The Bertz CT molecular complexity index is 1120. The van der Waals surface area contributed by atoms with E-state index in [1.807, 2.05) is 0 Å². The van der Waals surface area contributed by atoms with Crippen molar-refractivity contribution in [2.45, 2.75) is 30.7 Å². The zero-order valence-corrected chi connectivity index (χ0v) is 16.2. The Hall–Kier alpha value is -3.35. The third kappa shape index (κ3) is 3.32. The van der Waals surface area contributed by atoms with Crippen LogP contribution in [0.4, 0.5) is 0 Å². The summed E-state index contributed by atoms with van der Waals surface area (Å²) in [5, 5.41) is 58.8. The highest BCUT2D eigenvalue weighted by Gasteiger charge is 2.45. The summed E-state index contributed by atoms with van der Waals surface area (Å²) in [6.45, 7) is -0.692. The van der Waals surface area contributed by atoms with Crippen molar-refractivity contribution in [3.05, 3.63) is 58.1 Å². The van der Waals surface area contributed by atoms with Crippen molar-refractivity contribution >= 4 is 17.5 Å². The van der Waals surface area contributed by atoms with E-state index < -0.39 is 66.2 Å². The number of phenols is 1. The molecule has 0 bridgehead atoms. The first kappa shape index (κ1) is 21.9. The Morgan fingerprint density at radius 3 is 2.34 bits per heavy atom. The first-order valence-electron chi connectivity index (χ1n) is 9.45. The van der Waals surface area contributed by atoms with Crippen molar-refractivity contribution in [1.29, 1.82) is 0 Å². The summed E-state index contributed by atoms with van der Waals surface area (Å²) < 4.78 is 10.8. The number of aromatic carboxylic acids is 1. The van der Waals surface area contributed by atoms with Gasteiger partial charge in [-0.3, -0.25) is 9.59 Å². The van der Waals surface area contributed by atoms with E-state index in [4.69, 9.17) is 9.47 Å². The molecule has 0 saturated carbocycles. The fraction of sp³-hybridized carbons (Fsp3) is 0.286. The lowest BCUT2D eigenvalue weighted by atomic mass is 9.82. The fourth-order valence-electron chi connectivity index (χ4n) is 3.78. The number of carboxylic acid groups (broad SMARTS) is 1. The number of aliphatic hydroxyl groups excluding tert-OH is 4. The van der Waals surface area contributed by atoms with Crippen LogP contribution in [0.3, 0.4) is 0 Å². The van der Waals surface area contributed by atoms with Gasteiger partial charge in [0.15, 0.2) is 5.78 Å². The molecule has 2 aromatic rings. The first-order chi connectivity index (χ1) is 15.1. The van der Waals surface area contributed by atoms with E-state index in [2.05, 4.69) is 0 Å². The predicted molar refractivity (Wildman–Crippen MR) is 103 cm³/mol. The molecule has 1 aliphatic heterocycles. The standard InChI is InChI=1S/C21H18O11/c22-6-12-16(25)18(27)19(28)21(32-12)31-11-3-1-2-8-14(11)17(26)13-9(15(8)24)4-7(20(29)30)5-10(13)23/h1-5,12,16,18-19,21-23,25,27-28H,6H2,(H,29,30)/t12-,16-,18+,19-,21?/m1/s1. The van der Waals surface area contributed by atoms with Crippen LogP contribution in [0, 0.1) is 0 Å². The summed E-state index contributed by atoms with van der Waals surface area (Å²) >= 11 is 0. The van der Waals surface area contributed by atoms with E-state index in [9.17, 15) is 45.0 Å². The van der Waals surface area contributed by atoms with Crippen molar-refractivity contribution in [1.82, 2.24) is 0 Å². The highest BCUT2D eigenvalue weighted by molar-refractivity contribution is 6.30. The number of ketones is 2. The number of benzene rings is 2. The minimum atomic E-state index is -1.75. The third-order valence-electron chi connectivity index (χ3n) is 5.43. The van der Waals surface area contributed by atoms with Crippen LogP contribution in [-0.4, -0.2) is 85.5 Å². The number of fused-ring (bicyclic) bond motifs is 2. The molecule has 1 saturated heterocycles. The Morgan fingerprint density at radius 1 is 0.969 bits per heavy atom. The molecule has 2 aliphatic rings. The quantitative estimate of drug-likeness (QED) is 0.289. The molecule has 0 aromatic heterocycles. The Labute approximate surface area is 179 Å². The maximum Gasteiger partial charge on any atom is 0.335 e. The topological polar surface area (TPSA) is 191 Å². The summed E-state index contributed by atoms with van der Waals surface area (Å²) in [5.74, 6) is -3.88. The third-order valence-corrected chi connectivity index (χ3v) is 5.43. The summed E-state index contributed by atoms with van der Waals surface area (Å²) in [6.07, 6.45) is -7.95. The SMILES string of the molecule is O=C(O)c1cc(O)c2c(c1)C(=O)c1cccc(OC3O[C@H](CO)[C@@H](O)[C@H](O)[C@H]3O)c1C2=O. The lowest BCUT2D eigenvalue weighted by Crippen LogP contribution is -2.60. The first-order valence-corrected chi connectivity index (χ1v) is 9.45. The molecule has 0 amide bonds. The number of aliphatic hydroxyl groups is 4. The van der Waals surface area contributed by atoms with Gasteiger partial charge in [0, 0.05) is 11.1 Å². The molecule has 168 valence electrons. The highest BCUT2D eigenvalue weighted by atomic mass is 16.7. The van der Waals surface area contributed by atoms with Crippen LogP contribution in [0.25, 0.3) is 0 Å². The zero-order chi connectivity index (χ0) is 23.3. The largest absolute Gasteiger partial charge is 0.507 e. The van der Waals surface area contributed by atoms with Crippen LogP contribution in [-0.2, 0) is 4.74 Å². The van der Waals surface area contributed by atoms with E-state index in [1.165, 1.54) is 18.2 Å². The molecule has 0 spiro atoms. The molecule has 5 atom stereocenters. The van der Waals surface area contributed by atoms with E-state index in [1.54, 1.807) is 0 Å². The van der Waals surface area contributed by atoms with Crippen molar-refractivity contribution in [2.75, 3.05) is 6.61 Å². The van der Waals surface area contributed by atoms with Gasteiger partial charge in [-0.2, -0.15) is 0 Å². The average Bonchev–Trinajstić information content (AvgIpc) is 2.77. The number of ether oxygens (including phenoxy) is 2. The van der Waals surface area contributed by atoms with Crippen molar-refractivity contribution in [2.24, 2.45) is 0 Å². The number of carbonyl (C=O) groups excluding carboxylic acids is 2. The van der Waals surface area contributed by atoms with Gasteiger partial charge in [0.2, 0.25) is 12.1 Å². The molecule has 11 nitrogen and oxygen atoms in total. The van der Waals surface area contributed by atoms with Crippen LogP contribution < -0.4 is 4.74 Å². The van der Waals surface area contributed by atoms with Gasteiger partial charge in [-0.05, 0) is 18.2 Å². The van der Waals surface area contributed by atoms with Crippen molar-refractivity contribution in [3.8, 4) is 11.5 Å². The van der Waals surface area contributed by atoms with E-state index in [0.717, 1.165) is 12.1 Å². The van der Waals surface area contributed by atoms with Crippen LogP contribution >= 0.6 is 0 Å². The molecule has 1 fully saturated rings. The van der Waals surface area contributed by atoms with Gasteiger partial charge < -0.3 is 40.1 Å². The van der Waals surface area contributed by atoms with Gasteiger partial charge >= 0.3 is 5.97 Å². The summed E-state index contributed by atoms with van der Waals surface area (Å²) in [5.41, 5.74) is -1.46. The molecule has 11 heteroatoms. The molecule has 32 heavy (non-hydrogen) atoms. The maximum atomic E-state index is 13.2. The maximum absolute atomic E-state index is 13.2. The summed E-state index contributed by atoms with van der Waals surface area (Å²) in [4.78, 5) is 37.4. The smallest absolute Gasteiger partial charge is 0.335 e. The molecule has 6 N–H and O–H groups in total. The molecule has 1 unspecified atom stereocenters.